The standard InChI is InChI=1S/C12H15N3S/c1-9-3-4-14-12(11(9)7-13)15-5-6-16-10(2)8-15/h3-4,10H,5-6,8H2,1-2H3. The van der Waals surface area contributed by atoms with Crippen LogP contribution in [0.3, 0.4) is 0 Å². The smallest absolute Gasteiger partial charge is 0.146 e. The Kier molecular flexibility index (Phi) is 3.35. The molecule has 0 aliphatic carbocycles. The van der Waals surface area contributed by atoms with E-state index in [2.05, 4.69) is 22.9 Å². The zero-order valence-corrected chi connectivity index (χ0v) is 10.4. The van der Waals surface area contributed by atoms with E-state index in [0.29, 0.717) is 5.25 Å². The van der Waals surface area contributed by atoms with E-state index >= 15 is 0 Å². The van der Waals surface area contributed by atoms with E-state index in [9.17, 15) is 5.26 Å². The first-order chi connectivity index (χ1) is 7.72. The lowest BCUT2D eigenvalue weighted by Crippen LogP contribution is -2.37. The maximum Gasteiger partial charge on any atom is 0.146 e. The van der Waals surface area contributed by atoms with E-state index in [1.807, 2.05) is 24.8 Å². The van der Waals surface area contributed by atoms with Crippen molar-refractivity contribution < 1.29 is 0 Å². The number of aryl methyl sites for hydroxylation is 1. The van der Waals surface area contributed by atoms with Gasteiger partial charge in [-0.3, -0.25) is 0 Å². The molecule has 1 unspecified atom stereocenters. The van der Waals surface area contributed by atoms with Gasteiger partial charge in [0.2, 0.25) is 0 Å². The molecule has 0 N–H and O–H groups in total. The van der Waals surface area contributed by atoms with Crippen LogP contribution in [0.2, 0.25) is 0 Å². The largest absolute Gasteiger partial charge is 0.354 e. The van der Waals surface area contributed by atoms with E-state index in [-0.39, 0.29) is 0 Å². The number of anilines is 1. The first kappa shape index (κ1) is 11.3. The molecule has 0 aromatic carbocycles. The zero-order valence-electron chi connectivity index (χ0n) is 9.60. The molecule has 1 aromatic heterocycles. The average molecular weight is 233 g/mol. The molecule has 3 nitrogen and oxygen atoms in total. The third-order valence-corrected chi connectivity index (χ3v) is 3.93. The summed E-state index contributed by atoms with van der Waals surface area (Å²) in [6.07, 6.45) is 1.79. The van der Waals surface area contributed by atoms with E-state index < -0.39 is 0 Å². The molecule has 16 heavy (non-hydrogen) atoms. The molecule has 4 heteroatoms. The molecule has 0 spiro atoms. The number of rotatable bonds is 1. The SMILES string of the molecule is Cc1ccnc(N2CCSC(C)C2)c1C#N. The Bertz CT molecular complexity index is 425. The summed E-state index contributed by atoms with van der Waals surface area (Å²) in [4.78, 5) is 6.59. The fourth-order valence-electron chi connectivity index (χ4n) is 1.93. The van der Waals surface area contributed by atoms with Gasteiger partial charge in [-0.05, 0) is 18.6 Å². The maximum absolute atomic E-state index is 9.17. The van der Waals surface area contributed by atoms with Crippen LogP contribution in [-0.4, -0.2) is 29.1 Å². The lowest BCUT2D eigenvalue weighted by Gasteiger charge is -2.32. The van der Waals surface area contributed by atoms with Crippen LogP contribution in [0.1, 0.15) is 18.1 Å². The minimum Gasteiger partial charge on any atom is -0.354 e. The van der Waals surface area contributed by atoms with E-state index in [0.717, 1.165) is 35.8 Å². The molecular formula is C12H15N3S. The Hall–Kier alpha value is -1.21. The second-order valence-electron chi connectivity index (χ2n) is 4.07. The summed E-state index contributed by atoms with van der Waals surface area (Å²) < 4.78 is 0. The van der Waals surface area contributed by atoms with Crippen LogP contribution in [0.4, 0.5) is 5.82 Å². The van der Waals surface area contributed by atoms with Gasteiger partial charge < -0.3 is 4.90 Å². The number of pyridine rings is 1. The van der Waals surface area contributed by atoms with Crippen molar-refractivity contribution in [3.63, 3.8) is 0 Å². The predicted molar refractivity (Wildman–Crippen MR) is 67.8 cm³/mol. The Balaban J connectivity index is 2.33. The lowest BCUT2D eigenvalue weighted by molar-refractivity contribution is 0.768. The number of nitrogens with zero attached hydrogens (tertiary/aromatic N) is 3. The Morgan fingerprint density at radius 3 is 3.12 bits per heavy atom. The van der Waals surface area contributed by atoms with Crippen molar-refractivity contribution in [2.75, 3.05) is 23.7 Å². The molecule has 1 fully saturated rings. The van der Waals surface area contributed by atoms with Crippen LogP contribution in [0, 0.1) is 18.3 Å². The molecule has 0 bridgehead atoms. The maximum atomic E-state index is 9.17. The van der Waals surface area contributed by atoms with Gasteiger partial charge >= 0.3 is 0 Å². The first-order valence-corrected chi connectivity index (χ1v) is 6.49. The minimum atomic E-state index is 0.614. The average Bonchev–Trinajstić information content (AvgIpc) is 2.28. The summed E-state index contributed by atoms with van der Waals surface area (Å²) in [5, 5.41) is 9.79. The van der Waals surface area contributed by atoms with Gasteiger partial charge in [-0.1, -0.05) is 6.92 Å². The second-order valence-corrected chi connectivity index (χ2v) is 5.61. The number of nitriles is 1. The van der Waals surface area contributed by atoms with Crippen molar-refractivity contribution in [3.05, 3.63) is 23.4 Å². The van der Waals surface area contributed by atoms with Crippen LogP contribution in [0.25, 0.3) is 0 Å². The van der Waals surface area contributed by atoms with Gasteiger partial charge in [0.1, 0.15) is 11.9 Å². The highest BCUT2D eigenvalue weighted by molar-refractivity contribution is 8.00. The second kappa shape index (κ2) is 4.75. The molecule has 0 saturated carbocycles. The van der Waals surface area contributed by atoms with Crippen molar-refractivity contribution in [2.45, 2.75) is 19.1 Å². The third-order valence-electron chi connectivity index (χ3n) is 2.79. The van der Waals surface area contributed by atoms with Crippen LogP contribution in [0.15, 0.2) is 12.3 Å². The van der Waals surface area contributed by atoms with Gasteiger partial charge in [0.15, 0.2) is 0 Å². The van der Waals surface area contributed by atoms with Crippen LogP contribution in [-0.2, 0) is 0 Å². The van der Waals surface area contributed by atoms with E-state index in [1.54, 1.807) is 6.20 Å². The summed E-state index contributed by atoms with van der Waals surface area (Å²) in [6, 6.07) is 4.16. The molecule has 0 radical (unpaired) electrons. The normalized spacial score (nSPS) is 20.6. The number of hydrogen-bond acceptors (Lipinski definition) is 4. The molecule has 1 saturated heterocycles. The fraction of sp³-hybridized carbons (Fsp3) is 0.500. The van der Waals surface area contributed by atoms with Crippen LogP contribution < -0.4 is 4.90 Å². The zero-order chi connectivity index (χ0) is 11.5. The van der Waals surface area contributed by atoms with Gasteiger partial charge in [-0.2, -0.15) is 17.0 Å². The van der Waals surface area contributed by atoms with Gasteiger partial charge in [0.25, 0.3) is 0 Å². The summed E-state index contributed by atoms with van der Waals surface area (Å²) in [5.41, 5.74) is 1.74. The van der Waals surface area contributed by atoms with Crippen molar-refractivity contribution >= 4 is 17.6 Å². The summed E-state index contributed by atoms with van der Waals surface area (Å²) in [5.74, 6) is 1.97. The molecular weight excluding hydrogens is 218 g/mol. The van der Waals surface area contributed by atoms with Gasteiger partial charge in [0.05, 0.1) is 5.56 Å². The minimum absolute atomic E-state index is 0.614. The van der Waals surface area contributed by atoms with Gasteiger partial charge in [-0.15, -0.1) is 0 Å². The monoisotopic (exact) mass is 233 g/mol. The lowest BCUT2D eigenvalue weighted by atomic mass is 10.1. The molecule has 1 atom stereocenters. The highest BCUT2D eigenvalue weighted by Crippen LogP contribution is 2.25. The highest BCUT2D eigenvalue weighted by Gasteiger charge is 2.20. The molecule has 2 heterocycles. The number of hydrogen-bond donors (Lipinski definition) is 0. The van der Waals surface area contributed by atoms with Crippen molar-refractivity contribution in [3.8, 4) is 6.07 Å². The Morgan fingerprint density at radius 2 is 2.44 bits per heavy atom. The Morgan fingerprint density at radius 1 is 1.62 bits per heavy atom. The van der Waals surface area contributed by atoms with Crippen molar-refractivity contribution in [2.24, 2.45) is 0 Å². The van der Waals surface area contributed by atoms with Crippen molar-refractivity contribution in [1.29, 1.82) is 5.26 Å². The number of thioether (sulfide) groups is 1. The first-order valence-electron chi connectivity index (χ1n) is 5.44. The van der Waals surface area contributed by atoms with E-state index in [1.165, 1.54) is 0 Å². The molecule has 1 aromatic rings. The number of aromatic nitrogens is 1. The van der Waals surface area contributed by atoms with Gasteiger partial charge in [-0.25, -0.2) is 4.98 Å². The summed E-state index contributed by atoms with van der Waals surface area (Å²) >= 11 is 1.98. The third kappa shape index (κ3) is 2.14. The molecule has 1 aliphatic rings. The predicted octanol–water partition coefficient (Wildman–Crippen LogP) is 2.20. The molecule has 0 amide bonds. The summed E-state index contributed by atoms with van der Waals surface area (Å²) in [7, 11) is 0. The molecule has 2 rings (SSSR count). The van der Waals surface area contributed by atoms with Crippen LogP contribution >= 0.6 is 11.8 Å². The molecule has 1 aliphatic heterocycles. The Labute approximate surface area is 100 Å². The fourth-order valence-corrected chi connectivity index (χ4v) is 2.95. The van der Waals surface area contributed by atoms with Gasteiger partial charge in [0, 0.05) is 30.3 Å². The topological polar surface area (TPSA) is 39.9 Å². The van der Waals surface area contributed by atoms with Crippen LogP contribution in [0.5, 0.6) is 0 Å². The quantitative estimate of drug-likeness (QED) is 0.745. The molecule has 84 valence electrons. The van der Waals surface area contributed by atoms with Crippen molar-refractivity contribution in [1.82, 2.24) is 4.98 Å². The summed E-state index contributed by atoms with van der Waals surface area (Å²) in [6.45, 7) is 6.15. The van der Waals surface area contributed by atoms with E-state index in [4.69, 9.17) is 0 Å². The highest BCUT2D eigenvalue weighted by atomic mass is 32.2.